The van der Waals surface area contributed by atoms with E-state index in [0.29, 0.717) is 0 Å². The van der Waals surface area contributed by atoms with Gasteiger partial charge in [0.05, 0.1) is 25.9 Å². The Hall–Kier alpha value is -3.66. The van der Waals surface area contributed by atoms with Crippen molar-refractivity contribution in [2.45, 2.75) is 48.8 Å². The van der Waals surface area contributed by atoms with E-state index < -0.39 is 88.5 Å². The summed E-state index contributed by atoms with van der Waals surface area (Å²) in [5.41, 5.74) is 6.77. The molecule has 3 saturated heterocycles. The number of phosphoric acid groups is 1. The van der Waals surface area contributed by atoms with Gasteiger partial charge in [0.2, 0.25) is 11.9 Å². The quantitative estimate of drug-likeness (QED) is 0.138. The fourth-order valence-corrected chi connectivity index (χ4v) is 8.08. The number of imidazole rings is 2. The third-order valence-electron chi connectivity index (χ3n) is 7.47. The molecule has 0 radical (unpaired) electrons. The average Bonchev–Trinajstić information content (AvgIpc) is 3.71. The van der Waals surface area contributed by atoms with Crippen LogP contribution in [-0.4, -0.2) is 98.4 Å². The van der Waals surface area contributed by atoms with E-state index in [1.807, 2.05) is 0 Å². The van der Waals surface area contributed by atoms with E-state index in [-0.39, 0.29) is 34.2 Å². The minimum Gasteiger partial charge on any atom is -0.369 e. The summed E-state index contributed by atoms with van der Waals surface area (Å²) < 4.78 is 86.8. The number of ether oxygens (including phenoxy) is 2. The van der Waals surface area contributed by atoms with E-state index in [0.717, 1.165) is 21.8 Å². The lowest BCUT2D eigenvalue weighted by Gasteiger charge is -2.24. The summed E-state index contributed by atoms with van der Waals surface area (Å²) in [6.45, 7) is -1.94. The van der Waals surface area contributed by atoms with Crippen LogP contribution in [0.2, 0.25) is 0 Å². The molecule has 0 aliphatic carbocycles. The summed E-state index contributed by atoms with van der Waals surface area (Å²) in [5.74, 6) is -0.657. The van der Waals surface area contributed by atoms with Crippen LogP contribution in [0.3, 0.4) is 0 Å². The van der Waals surface area contributed by atoms with Crippen LogP contribution in [0.25, 0.3) is 22.3 Å². The number of anilines is 2. The highest BCUT2D eigenvalue weighted by Gasteiger charge is 2.58. The molecule has 242 valence electrons. The largest absolute Gasteiger partial charge is 0.472 e. The van der Waals surface area contributed by atoms with Gasteiger partial charge in [-0.15, -0.1) is 0 Å². The van der Waals surface area contributed by atoms with Crippen molar-refractivity contribution >= 4 is 49.6 Å². The zero-order valence-electron chi connectivity index (χ0n) is 22.2. The maximum atomic E-state index is 16.0. The third kappa shape index (κ3) is 4.96. The predicted octanol–water partition coefficient (Wildman–Crippen LogP) is -1.03. The van der Waals surface area contributed by atoms with Crippen molar-refractivity contribution in [3.63, 3.8) is 0 Å². The Morgan fingerprint density at radius 3 is 1.93 bits per heavy atom. The van der Waals surface area contributed by atoms with E-state index in [1.54, 1.807) is 0 Å². The van der Waals surface area contributed by atoms with E-state index >= 15 is 8.78 Å². The van der Waals surface area contributed by atoms with E-state index in [1.165, 1.54) is 0 Å². The number of H-pyrrole nitrogens is 2. The SMILES string of the molecule is Nc1nc2c(ncn2C2OC3COP(=O)(O)[C@@H]4C(COP(=O)(O)O[C@H]3[C@H]2F)OC(n2cnc3c(=O)[nH]c(N)nc32)[C@@H]4F)c(=O)[nH]1. The molecule has 3 aliphatic rings. The monoisotopic (exact) mass is 678 g/mol. The highest BCUT2D eigenvalue weighted by atomic mass is 31.2. The third-order valence-corrected chi connectivity index (χ3v) is 10.3. The van der Waals surface area contributed by atoms with Crippen molar-refractivity contribution in [3.8, 4) is 0 Å². The Kier molecular flexibility index (Phi) is 6.96. The summed E-state index contributed by atoms with van der Waals surface area (Å²) in [4.78, 5) is 65.8. The molecule has 0 amide bonds. The molecule has 3 fully saturated rings. The van der Waals surface area contributed by atoms with Crippen LogP contribution < -0.4 is 22.6 Å². The number of halogens is 2. The van der Waals surface area contributed by atoms with Gasteiger partial charge in [-0.3, -0.25) is 42.3 Å². The van der Waals surface area contributed by atoms with Gasteiger partial charge < -0.3 is 35.3 Å². The van der Waals surface area contributed by atoms with Gasteiger partial charge in [-0.1, -0.05) is 0 Å². The molecule has 8 N–H and O–H groups in total. The highest BCUT2D eigenvalue weighted by Crippen LogP contribution is 2.59. The van der Waals surface area contributed by atoms with Crippen molar-refractivity contribution in [1.29, 1.82) is 0 Å². The van der Waals surface area contributed by atoms with Crippen LogP contribution in [-0.2, 0) is 32.2 Å². The first-order valence-electron chi connectivity index (χ1n) is 12.9. The van der Waals surface area contributed by atoms with E-state index in [4.69, 9.17) is 34.5 Å². The zero-order chi connectivity index (χ0) is 32.0. The molecule has 0 aromatic carbocycles. The molecule has 45 heavy (non-hydrogen) atoms. The van der Waals surface area contributed by atoms with Crippen LogP contribution in [0, 0.1) is 0 Å². The van der Waals surface area contributed by atoms with Crippen LogP contribution in [0.1, 0.15) is 12.5 Å². The number of alkyl halides is 2. The lowest BCUT2D eigenvalue weighted by molar-refractivity contribution is -0.0460. The summed E-state index contributed by atoms with van der Waals surface area (Å²) >= 11 is 0. The molecule has 7 rings (SSSR count). The van der Waals surface area contributed by atoms with Crippen LogP contribution >= 0.6 is 15.4 Å². The van der Waals surface area contributed by atoms with Crippen LogP contribution in [0.15, 0.2) is 22.2 Å². The molecule has 0 saturated carbocycles. The first-order valence-corrected chi connectivity index (χ1v) is 16.0. The number of aromatic amines is 2. The molecule has 7 heterocycles. The number of phosphoric ester groups is 1. The zero-order valence-corrected chi connectivity index (χ0v) is 24.0. The Morgan fingerprint density at radius 1 is 0.844 bits per heavy atom. The van der Waals surface area contributed by atoms with E-state index in [9.17, 15) is 28.5 Å². The standard InChI is InChI=1S/C20H22F2N10O11P2/c21-7-11-5(41-17(7)31-3-25-9-13(31)27-19(23)29-15(9)33)1-39-44(35,36)12-6(2-40-45(37,38)43-11)42-18(8(12)22)32-4-26-10-14(32)28-20(24)30-16(10)34/h3-8,11-12,17-18H,1-2H2,(H,35,36)(H,37,38)(H3,23,27,29,33)(H3,24,28,30,34)/t5?,6?,7-,8-,11-,12-,17?,18?/m1/s1. The second-order valence-corrected chi connectivity index (χ2v) is 13.6. The normalized spacial score (nSPS) is 37.4. The Morgan fingerprint density at radius 2 is 1.36 bits per heavy atom. The first-order chi connectivity index (χ1) is 21.2. The molecule has 6 unspecified atom stereocenters. The molecular formula is C20H22F2N10O11P2. The van der Waals surface area contributed by atoms with Crippen molar-refractivity contribution in [3.05, 3.63) is 33.4 Å². The number of rotatable bonds is 2. The number of aromatic nitrogens is 8. The smallest absolute Gasteiger partial charge is 0.369 e. The first kappa shape index (κ1) is 30.0. The lowest BCUT2D eigenvalue weighted by Crippen LogP contribution is -2.34. The molecule has 4 aromatic rings. The fourth-order valence-electron chi connectivity index (χ4n) is 5.51. The van der Waals surface area contributed by atoms with Crippen LogP contribution in [0.4, 0.5) is 20.7 Å². The van der Waals surface area contributed by atoms with Gasteiger partial charge in [0.25, 0.3) is 11.1 Å². The van der Waals surface area contributed by atoms with Gasteiger partial charge in [0.1, 0.15) is 24.0 Å². The van der Waals surface area contributed by atoms with Gasteiger partial charge >= 0.3 is 15.4 Å². The fraction of sp³-hybridized carbons (Fsp3) is 0.500. The van der Waals surface area contributed by atoms with Gasteiger partial charge in [-0.2, -0.15) is 9.97 Å². The summed E-state index contributed by atoms with van der Waals surface area (Å²) in [7, 11) is -10.3. The Balaban J connectivity index is 1.21. The van der Waals surface area contributed by atoms with Crippen LogP contribution in [0.5, 0.6) is 0 Å². The molecule has 10 atom stereocenters. The number of nitrogens with two attached hydrogens (primary N) is 2. The second kappa shape index (κ2) is 10.4. The minimum atomic E-state index is -5.20. The predicted molar refractivity (Wildman–Crippen MR) is 143 cm³/mol. The Labute approximate surface area is 246 Å². The number of nitrogen functional groups attached to an aromatic ring is 2. The molecule has 21 nitrogen and oxygen atoms in total. The lowest BCUT2D eigenvalue weighted by atomic mass is 10.1. The maximum Gasteiger partial charge on any atom is 0.472 e. The minimum absolute atomic E-state index is 0.205. The Bertz CT molecular complexity index is 2040. The topological polar surface area (TPSA) is 300 Å². The summed E-state index contributed by atoms with van der Waals surface area (Å²) in [5, 5.41) is 0. The van der Waals surface area contributed by atoms with Gasteiger partial charge in [-0.25, -0.2) is 23.3 Å². The van der Waals surface area contributed by atoms with Gasteiger partial charge in [0.15, 0.2) is 47.1 Å². The van der Waals surface area contributed by atoms with E-state index in [2.05, 4.69) is 29.9 Å². The number of nitrogens with one attached hydrogen (secondary N) is 2. The number of hydrogen-bond acceptors (Lipinski definition) is 15. The molecule has 3 aliphatic heterocycles. The maximum absolute atomic E-state index is 16.0. The van der Waals surface area contributed by atoms with Crippen molar-refractivity contribution < 1.29 is 50.7 Å². The van der Waals surface area contributed by atoms with Crippen molar-refractivity contribution in [1.82, 2.24) is 39.0 Å². The summed E-state index contributed by atoms with van der Waals surface area (Å²) in [6, 6.07) is 0. The van der Waals surface area contributed by atoms with Crippen molar-refractivity contribution in [2.75, 3.05) is 24.7 Å². The second-order valence-electron chi connectivity index (χ2n) is 10.3. The van der Waals surface area contributed by atoms with Crippen molar-refractivity contribution in [2.24, 2.45) is 0 Å². The molecular weight excluding hydrogens is 656 g/mol. The molecule has 0 spiro atoms. The molecule has 25 heteroatoms. The number of fused-ring (bicyclic) bond motifs is 4. The number of nitrogens with zero attached hydrogens (tertiary/aromatic N) is 6. The average molecular weight is 678 g/mol. The molecule has 4 aromatic heterocycles. The molecule has 0 bridgehead atoms. The summed E-state index contributed by atoms with van der Waals surface area (Å²) in [6.07, 6.45) is -11.4. The number of hydrogen-bond donors (Lipinski definition) is 6. The van der Waals surface area contributed by atoms with Gasteiger partial charge in [-0.05, 0) is 0 Å². The highest BCUT2D eigenvalue weighted by molar-refractivity contribution is 7.53. The van der Waals surface area contributed by atoms with Gasteiger partial charge in [0, 0.05) is 0 Å².